The lowest BCUT2D eigenvalue weighted by molar-refractivity contribution is 0.377. The zero-order valence-corrected chi connectivity index (χ0v) is 18.6. The van der Waals surface area contributed by atoms with Crippen molar-refractivity contribution in [2.45, 2.75) is 68.8 Å². The van der Waals surface area contributed by atoms with Gasteiger partial charge in [-0.3, -0.25) is 0 Å². The summed E-state index contributed by atoms with van der Waals surface area (Å²) in [6, 6.07) is 8.64. The zero-order valence-electron chi connectivity index (χ0n) is 16.8. The van der Waals surface area contributed by atoms with E-state index in [1.54, 1.807) is 11.8 Å². The molecule has 0 saturated carbocycles. The van der Waals surface area contributed by atoms with E-state index < -0.39 is 8.32 Å². The van der Waals surface area contributed by atoms with Gasteiger partial charge in [-0.15, -0.1) is 24.9 Å². The van der Waals surface area contributed by atoms with E-state index in [4.69, 9.17) is 4.43 Å². The molecule has 0 saturated heterocycles. The van der Waals surface area contributed by atoms with Crippen molar-refractivity contribution in [1.82, 2.24) is 0 Å². The van der Waals surface area contributed by atoms with E-state index in [2.05, 4.69) is 84.3 Å². The molecule has 0 radical (unpaired) electrons. The molecule has 0 fully saturated rings. The third kappa shape index (κ3) is 6.91. The van der Waals surface area contributed by atoms with Gasteiger partial charge in [0.05, 0.1) is 11.0 Å². The van der Waals surface area contributed by atoms with Crippen LogP contribution in [0.25, 0.3) is 0 Å². The first-order valence-corrected chi connectivity index (χ1v) is 12.8. The maximum Gasteiger partial charge on any atom is 0.250 e. The highest BCUT2D eigenvalue weighted by Crippen LogP contribution is 2.40. The third-order valence-corrected chi connectivity index (χ3v) is 10.3. The predicted octanol–water partition coefficient (Wildman–Crippen LogP) is 7.51. The van der Waals surface area contributed by atoms with E-state index in [1.165, 1.54) is 10.5 Å². The van der Waals surface area contributed by atoms with Gasteiger partial charge in [0.25, 0.3) is 0 Å². The van der Waals surface area contributed by atoms with Crippen LogP contribution in [0.1, 0.15) is 39.2 Å². The minimum Gasteiger partial charge on any atom is -0.546 e. The normalized spacial score (nSPS) is 14.1. The molecular formula is C22H34OSSi. The van der Waals surface area contributed by atoms with Gasteiger partial charge in [-0.05, 0) is 56.1 Å². The second-order valence-electron chi connectivity index (χ2n) is 7.92. The molecule has 0 unspecified atom stereocenters. The molecule has 0 N–H and O–H groups in total. The quantitative estimate of drug-likeness (QED) is 0.145. The van der Waals surface area contributed by atoms with Crippen molar-refractivity contribution < 1.29 is 4.43 Å². The van der Waals surface area contributed by atoms with Crippen LogP contribution in [0.4, 0.5) is 0 Å². The highest BCUT2D eigenvalue weighted by atomic mass is 32.2. The van der Waals surface area contributed by atoms with Crippen LogP contribution in [0.15, 0.2) is 66.3 Å². The van der Waals surface area contributed by atoms with Crippen LogP contribution in [-0.4, -0.2) is 13.6 Å². The number of rotatable bonds is 9. The largest absolute Gasteiger partial charge is 0.546 e. The SMILES string of the molecule is C=CCC/C=C(\O[Si](C)(C)C(C)(C)C)[C@@H](C=C)Sc1ccc(C)cc1. The molecule has 1 rings (SSSR count). The molecule has 1 aromatic rings. The number of aryl methyl sites for hydroxylation is 1. The topological polar surface area (TPSA) is 9.23 Å². The standard InChI is InChI=1S/C22H34OSSi/c1-9-11-12-13-20(23-25(7,8)22(4,5)6)21(10-2)24-19-16-14-18(3)15-17-19/h9-10,13-17,21H,1-2,11-12H2,3-8H3/b20-13-/t21-/m1/s1. The van der Waals surface area contributed by atoms with Gasteiger partial charge in [0.1, 0.15) is 0 Å². The van der Waals surface area contributed by atoms with Gasteiger partial charge in [-0.25, -0.2) is 0 Å². The van der Waals surface area contributed by atoms with Gasteiger partial charge >= 0.3 is 0 Å². The molecule has 0 aromatic heterocycles. The van der Waals surface area contributed by atoms with E-state index in [0.717, 1.165) is 18.6 Å². The molecule has 1 aromatic carbocycles. The Labute approximate surface area is 160 Å². The average Bonchev–Trinajstić information content (AvgIpc) is 2.52. The van der Waals surface area contributed by atoms with Crippen LogP contribution in [0.5, 0.6) is 0 Å². The summed E-state index contributed by atoms with van der Waals surface area (Å²) in [5, 5.41) is 0.298. The Balaban J connectivity index is 3.06. The van der Waals surface area contributed by atoms with Crippen molar-refractivity contribution in [3.63, 3.8) is 0 Å². The Kier molecular flexibility index (Phi) is 8.29. The van der Waals surface area contributed by atoms with Gasteiger partial charge in [-0.2, -0.15) is 0 Å². The smallest absolute Gasteiger partial charge is 0.250 e. The summed E-state index contributed by atoms with van der Waals surface area (Å²) in [5.41, 5.74) is 1.28. The van der Waals surface area contributed by atoms with E-state index in [1.807, 2.05) is 12.2 Å². The lowest BCUT2D eigenvalue weighted by Crippen LogP contribution is -2.41. The molecule has 0 bridgehead atoms. The van der Waals surface area contributed by atoms with Crippen molar-refractivity contribution in [3.8, 4) is 0 Å². The summed E-state index contributed by atoms with van der Waals surface area (Å²) in [7, 11) is -1.89. The Morgan fingerprint density at radius 1 is 1.16 bits per heavy atom. The highest BCUT2D eigenvalue weighted by Gasteiger charge is 2.40. The molecule has 3 heteroatoms. The van der Waals surface area contributed by atoms with Gasteiger partial charge in [0.15, 0.2) is 0 Å². The monoisotopic (exact) mass is 374 g/mol. The Morgan fingerprint density at radius 2 is 1.76 bits per heavy atom. The summed E-state index contributed by atoms with van der Waals surface area (Å²) in [6.07, 6.45) is 8.10. The molecule has 1 nitrogen and oxygen atoms in total. The lowest BCUT2D eigenvalue weighted by atomic mass is 10.2. The molecule has 0 aliphatic heterocycles. The van der Waals surface area contributed by atoms with Crippen LogP contribution >= 0.6 is 11.8 Å². The van der Waals surface area contributed by atoms with Crippen molar-refractivity contribution in [1.29, 1.82) is 0 Å². The predicted molar refractivity (Wildman–Crippen MR) is 117 cm³/mol. The fraction of sp³-hybridized carbons (Fsp3) is 0.455. The molecule has 1 atom stereocenters. The first-order valence-electron chi connectivity index (χ1n) is 8.96. The van der Waals surface area contributed by atoms with Crippen LogP contribution in [-0.2, 0) is 4.43 Å². The zero-order chi connectivity index (χ0) is 19.1. The molecule has 0 heterocycles. The maximum absolute atomic E-state index is 6.67. The molecule has 0 aliphatic rings. The van der Waals surface area contributed by atoms with E-state index in [0.29, 0.717) is 0 Å². The van der Waals surface area contributed by atoms with Gasteiger partial charge in [0, 0.05) is 4.90 Å². The Morgan fingerprint density at radius 3 is 2.24 bits per heavy atom. The van der Waals surface area contributed by atoms with Crippen LogP contribution in [0.2, 0.25) is 18.1 Å². The Hall–Kier alpha value is -1.19. The lowest BCUT2D eigenvalue weighted by Gasteiger charge is -2.38. The molecule has 25 heavy (non-hydrogen) atoms. The number of hydrogen-bond donors (Lipinski definition) is 0. The van der Waals surface area contributed by atoms with E-state index >= 15 is 0 Å². The highest BCUT2D eigenvalue weighted by molar-refractivity contribution is 8.00. The second kappa shape index (κ2) is 9.49. The van der Waals surface area contributed by atoms with Crippen LogP contribution in [0, 0.1) is 6.92 Å². The summed E-state index contributed by atoms with van der Waals surface area (Å²) in [5.74, 6) is 1.05. The van der Waals surface area contributed by atoms with Crippen molar-refractivity contribution >= 4 is 20.1 Å². The van der Waals surface area contributed by atoms with Crippen molar-refractivity contribution in [3.05, 3.63) is 67.0 Å². The molecule has 0 spiro atoms. The van der Waals surface area contributed by atoms with Crippen LogP contribution < -0.4 is 0 Å². The average molecular weight is 375 g/mol. The number of allylic oxidation sites excluding steroid dienone is 2. The van der Waals surface area contributed by atoms with Gasteiger partial charge in [0.2, 0.25) is 8.32 Å². The molecule has 138 valence electrons. The third-order valence-electron chi connectivity index (χ3n) is 4.67. The van der Waals surface area contributed by atoms with E-state index in [9.17, 15) is 0 Å². The number of hydrogen-bond acceptors (Lipinski definition) is 2. The van der Waals surface area contributed by atoms with Gasteiger partial charge < -0.3 is 4.43 Å². The summed E-state index contributed by atoms with van der Waals surface area (Å²) >= 11 is 1.80. The van der Waals surface area contributed by atoms with E-state index in [-0.39, 0.29) is 10.3 Å². The molecule has 0 aliphatic carbocycles. The second-order valence-corrected chi connectivity index (χ2v) is 13.9. The minimum absolute atomic E-state index is 0.127. The minimum atomic E-state index is -1.89. The fourth-order valence-corrected chi connectivity index (χ4v) is 4.13. The number of thioether (sulfide) groups is 1. The summed E-state index contributed by atoms with van der Waals surface area (Å²) in [4.78, 5) is 1.24. The van der Waals surface area contributed by atoms with Crippen molar-refractivity contribution in [2.24, 2.45) is 0 Å². The maximum atomic E-state index is 6.67. The fourth-order valence-electron chi connectivity index (χ4n) is 1.99. The van der Waals surface area contributed by atoms with Crippen molar-refractivity contribution in [2.75, 3.05) is 0 Å². The molecule has 0 amide bonds. The van der Waals surface area contributed by atoms with Gasteiger partial charge in [-0.1, -0.05) is 50.6 Å². The summed E-state index contributed by atoms with van der Waals surface area (Å²) in [6.45, 7) is 21.4. The first-order chi connectivity index (χ1) is 11.6. The van der Waals surface area contributed by atoms with Crippen LogP contribution in [0.3, 0.4) is 0 Å². The first kappa shape index (κ1) is 21.8. The Bertz CT molecular complexity index is 593. The number of unbranched alkanes of at least 4 members (excludes halogenated alkanes) is 1. The summed E-state index contributed by atoms with van der Waals surface area (Å²) < 4.78 is 6.67. The molecular weight excluding hydrogens is 340 g/mol. The number of benzene rings is 1.